The van der Waals surface area contributed by atoms with Crippen LogP contribution in [-0.4, -0.2) is 18.3 Å². The summed E-state index contributed by atoms with van der Waals surface area (Å²) in [7, 11) is -0.426. The molecular weight excluding hydrogens is 503 g/mol. The molecule has 0 radical (unpaired) electrons. The quantitative estimate of drug-likeness (QED) is 0.193. The predicted octanol–water partition coefficient (Wildman–Crippen LogP) is 8.93. The van der Waals surface area contributed by atoms with Crippen LogP contribution in [0.4, 0.5) is 34.1 Å². The van der Waals surface area contributed by atoms with Gasteiger partial charge in [-0.25, -0.2) is 0 Å². The van der Waals surface area contributed by atoms with Crippen molar-refractivity contribution >= 4 is 46.7 Å². The van der Waals surface area contributed by atoms with E-state index in [4.69, 9.17) is 9.31 Å². The van der Waals surface area contributed by atoms with Crippen LogP contribution in [0.3, 0.4) is 0 Å². The molecule has 0 saturated carbocycles. The number of rotatable bonds is 7. The summed E-state index contributed by atoms with van der Waals surface area (Å²) in [6.07, 6.45) is 0. The minimum Gasteiger partial charge on any atom is -0.399 e. The summed E-state index contributed by atoms with van der Waals surface area (Å²) >= 11 is 0. The van der Waals surface area contributed by atoms with Gasteiger partial charge in [-0.05, 0) is 106 Å². The van der Waals surface area contributed by atoms with Gasteiger partial charge in [0.25, 0.3) is 0 Å². The summed E-state index contributed by atoms with van der Waals surface area (Å²) in [4.78, 5) is 4.55. The Balaban J connectivity index is 1.39. The molecule has 0 unspecified atom stereocenters. The second-order valence-electron chi connectivity index (χ2n) is 11.4. The highest BCUT2D eigenvalue weighted by atomic mass is 16.7. The van der Waals surface area contributed by atoms with Gasteiger partial charge in [-0.15, -0.1) is 0 Å². The minimum absolute atomic E-state index is 0.397. The maximum absolute atomic E-state index is 6.38. The molecule has 4 nitrogen and oxygen atoms in total. The molecule has 0 aromatic heterocycles. The van der Waals surface area contributed by atoms with E-state index in [1.54, 1.807) is 0 Å². The Kier molecular flexibility index (Phi) is 7.16. The Morgan fingerprint density at radius 1 is 0.415 bits per heavy atom. The van der Waals surface area contributed by atoms with E-state index < -0.39 is 18.3 Å². The van der Waals surface area contributed by atoms with Gasteiger partial charge < -0.3 is 19.1 Å². The zero-order valence-corrected chi connectivity index (χ0v) is 24.1. The number of nitrogens with zero attached hydrogens (tertiary/aromatic N) is 2. The third-order valence-electron chi connectivity index (χ3n) is 8.06. The first-order chi connectivity index (χ1) is 19.8. The number of hydrogen-bond donors (Lipinski definition) is 0. The van der Waals surface area contributed by atoms with Crippen LogP contribution in [0.15, 0.2) is 140 Å². The van der Waals surface area contributed by atoms with Crippen molar-refractivity contribution in [2.24, 2.45) is 0 Å². The second kappa shape index (κ2) is 10.9. The first-order valence-corrected chi connectivity index (χ1v) is 14.1. The fourth-order valence-corrected chi connectivity index (χ4v) is 5.17. The van der Waals surface area contributed by atoms with Gasteiger partial charge in [-0.3, -0.25) is 0 Å². The molecule has 5 aromatic carbocycles. The van der Waals surface area contributed by atoms with Gasteiger partial charge in [0.2, 0.25) is 0 Å². The van der Waals surface area contributed by atoms with Crippen molar-refractivity contribution in [3.05, 3.63) is 140 Å². The molecule has 41 heavy (non-hydrogen) atoms. The van der Waals surface area contributed by atoms with Crippen molar-refractivity contribution in [2.45, 2.75) is 38.9 Å². The zero-order valence-electron chi connectivity index (χ0n) is 24.1. The van der Waals surface area contributed by atoms with Crippen molar-refractivity contribution in [1.82, 2.24) is 0 Å². The van der Waals surface area contributed by atoms with Crippen LogP contribution < -0.4 is 15.3 Å². The van der Waals surface area contributed by atoms with Crippen molar-refractivity contribution in [3.8, 4) is 0 Å². The molecule has 5 heteroatoms. The molecule has 0 bridgehead atoms. The van der Waals surface area contributed by atoms with Crippen LogP contribution in [0, 0.1) is 0 Å². The van der Waals surface area contributed by atoms with E-state index in [2.05, 4.69) is 159 Å². The van der Waals surface area contributed by atoms with E-state index in [1.165, 1.54) is 0 Å². The third kappa shape index (κ3) is 5.39. The molecule has 1 aliphatic heterocycles. The highest BCUT2D eigenvalue weighted by molar-refractivity contribution is 6.62. The van der Waals surface area contributed by atoms with Gasteiger partial charge >= 0.3 is 7.12 Å². The van der Waals surface area contributed by atoms with E-state index in [1.807, 2.05) is 18.2 Å². The summed E-state index contributed by atoms with van der Waals surface area (Å²) < 4.78 is 12.8. The fourth-order valence-electron chi connectivity index (χ4n) is 5.17. The molecule has 0 spiro atoms. The molecule has 204 valence electrons. The minimum atomic E-state index is -0.426. The molecule has 0 aliphatic carbocycles. The zero-order chi connectivity index (χ0) is 28.5. The van der Waals surface area contributed by atoms with Gasteiger partial charge in [0.1, 0.15) is 0 Å². The molecule has 1 aliphatic rings. The van der Waals surface area contributed by atoms with Gasteiger partial charge in [-0.2, -0.15) is 0 Å². The lowest BCUT2D eigenvalue weighted by molar-refractivity contribution is 0.00578. The Morgan fingerprint density at radius 3 is 1.17 bits per heavy atom. The average Bonchev–Trinajstić information content (AvgIpc) is 3.22. The normalized spacial score (nSPS) is 15.5. The highest BCUT2D eigenvalue weighted by Crippen LogP contribution is 2.40. The van der Waals surface area contributed by atoms with Crippen LogP contribution in [0.25, 0.3) is 0 Å². The number of anilines is 6. The van der Waals surface area contributed by atoms with Crippen molar-refractivity contribution in [1.29, 1.82) is 0 Å². The summed E-state index contributed by atoms with van der Waals surface area (Å²) in [5.41, 5.74) is 6.70. The van der Waals surface area contributed by atoms with Gasteiger partial charge in [-0.1, -0.05) is 66.7 Å². The van der Waals surface area contributed by atoms with E-state index in [-0.39, 0.29) is 0 Å². The molecule has 0 atom stereocenters. The molecule has 1 fully saturated rings. The topological polar surface area (TPSA) is 24.9 Å². The molecule has 6 rings (SSSR count). The van der Waals surface area contributed by atoms with Gasteiger partial charge in [0, 0.05) is 34.1 Å². The van der Waals surface area contributed by atoms with Crippen LogP contribution in [-0.2, 0) is 9.31 Å². The highest BCUT2D eigenvalue weighted by Gasteiger charge is 2.51. The maximum atomic E-state index is 6.38. The smallest absolute Gasteiger partial charge is 0.399 e. The van der Waals surface area contributed by atoms with Crippen molar-refractivity contribution in [2.75, 3.05) is 9.80 Å². The fraction of sp³-hybridized carbons (Fsp3) is 0.167. The lowest BCUT2D eigenvalue weighted by Gasteiger charge is -2.32. The Morgan fingerprint density at radius 2 is 0.756 bits per heavy atom. The summed E-state index contributed by atoms with van der Waals surface area (Å²) in [5.74, 6) is 0. The van der Waals surface area contributed by atoms with Crippen molar-refractivity contribution < 1.29 is 9.31 Å². The Hall–Kier alpha value is -4.32. The molecule has 1 saturated heterocycles. The molecule has 5 aromatic rings. The number of para-hydroxylation sites is 3. The lowest BCUT2D eigenvalue weighted by atomic mass is 9.79. The van der Waals surface area contributed by atoms with E-state index in [9.17, 15) is 0 Å². The number of hydrogen-bond acceptors (Lipinski definition) is 4. The predicted molar refractivity (Wildman–Crippen MR) is 172 cm³/mol. The van der Waals surface area contributed by atoms with Crippen LogP contribution >= 0.6 is 0 Å². The molecule has 0 amide bonds. The summed E-state index contributed by atoms with van der Waals surface area (Å²) in [5, 5.41) is 0. The largest absolute Gasteiger partial charge is 0.494 e. The lowest BCUT2D eigenvalue weighted by Crippen LogP contribution is -2.41. The van der Waals surface area contributed by atoms with E-state index in [0.29, 0.717) is 0 Å². The van der Waals surface area contributed by atoms with Crippen LogP contribution in [0.1, 0.15) is 27.7 Å². The first-order valence-electron chi connectivity index (χ1n) is 14.1. The third-order valence-corrected chi connectivity index (χ3v) is 8.06. The van der Waals surface area contributed by atoms with Crippen LogP contribution in [0.5, 0.6) is 0 Å². The van der Waals surface area contributed by atoms with Gasteiger partial charge in [0.05, 0.1) is 11.2 Å². The first kappa shape index (κ1) is 26.9. The molecule has 0 N–H and O–H groups in total. The molecular formula is C36H35BN2O2. The monoisotopic (exact) mass is 538 g/mol. The van der Waals surface area contributed by atoms with E-state index in [0.717, 1.165) is 39.6 Å². The standard InChI is InChI=1S/C36H35BN2O2/c1-35(2)36(3,4)41-37(40-35)28-15-14-22-34(27-28)39(31-20-12-7-13-21-31)33-25-23-32(24-26-33)38(29-16-8-5-9-17-29)30-18-10-6-11-19-30/h5-27H,1-4H3. The van der Waals surface area contributed by atoms with Gasteiger partial charge in [0.15, 0.2) is 0 Å². The number of benzene rings is 5. The Bertz CT molecular complexity index is 1530. The van der Waals surface area contributed by atoms with Crippen molar-refractivity contribution in [3.63, 3.8) is 0 Å². The average molecular weight is 539 g/mol. The SMILES string of the molecule is CC1(C)OB(c2cccc(N(c3ccccc3)c3ccc(N(c4ccccc4)c4ccccc4)cc3)c2)OC1(C)C. The van der Waals surface area contributed by atoms with E-state index >= 15 is 0 Å². The summed E-state index contributed by atoms with van der Waals surface area (Å²) in [6.45, 7) is 8.34. The van der Waals surface area contributed by atoms with Crippen LogP contribution in [0.2, 0.25) is 0 Å². The molecule has 1 heterocycles. The maximum Gasteiger partial charge on any atom is 0.494 e. The Labute approximate surface area is 243 Å². The second-order valence-corrected chi connectivity index (χ2v) is 11.4. The summed E-state index contributed by atoms with van der Waals surface area (Å²) in [6, 6.07) is 48.6.